The number of rotatable bonds is 3. The van der Waals surface area contributed by atoms with Gasteiger partial charge in [0.2, 0.25) is 0 Å². The number of piperidine rings is 1. The molecule has 3 rings (SSSR count). The first-order chi connectivity index (χ1) is 11.1. The van der Waals surface area contributed by atoms with Crippen LogP contribution in [0.25, 0.3) is 0 Å². The van der Waals surface area contributed by atoms with Crippen molar-refractivity contribution in [3.63, 3.8) is 0 Å². The van der Waals surface area contributed by atoms with E-state index in [1.54, 1.807) is 36.4 Å². The molecule has 0 radical (unpaired) electrons. The van der Waals surface area contributed by atoms with Gasteiger partial charge in [-0.25, -0.2) is 8.78 Å². The number of nitrogens with zero attached hydrogens (tertiary/aromatic N) is 1. The minimum atomic E-state index is -1.41. The molecular weight excluding hydrogens is 411 g/mol. The van der Waals surface area contributed by atoms with Crippen molar-refractivity contribution in [2.75, 3.05) is 17.6 Å². The van der Waals surface area contributed by atoms with Gasteiger partial charge in [0.1, 0.15) is 17.2 Å². The van der Waals surface area contributed by atoms with Crippen molar-refractivity contribution in [2.24, 2.45) is 0 Å². The van der Waals surface area contributed by atoms with Gasteiger partial charge in [0.05, 0.1) is 4.55 Å². The number of halogens is 3. The molecule has 0 aromatic heterocycles. The summed E-state index contributed by atoms with van der Waals surface area (Å²) in [6, 6.07) is 12.7. The first-order valence-electron chi connectivity index (χ1n) is 7.56. The third-order valence-electron chi connectivity index (χ3n) is 4.62. The summed E-state index contributed by atoms with van der Waals surface area (Å²) in [4.78, 5) is 2.15. The quantitative estimate of drug-likeness (QED) is 0.453. The van der Waals surface area contributed by atoms with Crippen molar-refractivity contribution in [3.05, 3.63) is 71.3 Å². The topological polar surface area (TPSA) is 23.5 Å². The van der Waals surface area contributed by atoms with E-state index in [2.05, 4.69) is 27.5 Å². The predicted molar refractivity (Wildman–Crippen MR) is 94.5 cm³/mol. The highest BCUT2D eigenvalue weighted by Crippen LogP contribution is 2.44. The molecule has 2 unspecified atom stereocenters. The van der Waals surface area contributed by atoms with Crippen LogP contribution in [-0.4, -0.2) is 27.6 Å². The number of alkyl halides is 1. The monoisotopic (exact) mass is 429 g/mol. The van der Waals surface area contributed by atoms with Crippen LogP contribution in [0.2, 0.25) is 0 Å². The number of aliphatic hydroxyl groups is 1. The van der Waals surface area contributed by atoms with Gasteiger partial charge in [0, 0.05) is 24.6 Å². The van der Waals surface area contributed by atoms with E-state index in [4.69, 9.17) is 0 Å². The molecular formula is C18H18F2INO. The van der Waals surface area contributed by atoms with E-state index >= 15 is 0 Å². The Kier molecular flexibility index (Phi) is 4.98. The van der Waals surface area contributed by atoms with Gasteiger partial charge in [-0.15, -0.1) is 0 Å². The first kappa shape index (κ1) is 16.8. The average Bonchev–Trinajstić information content (AvgIpc) is 2.56. The number of likely N-dealkylation sites (tertiary alicyclic amines) is 1. The Bertz CT molecular complexity index is 696. The molecule has 1 heterocycles. The second-order valence-corrected chi connectivity index (χ2v) is 6.61. The smallest absolute Gasteiger partial charge is 0.129 e. The van der Waals surface area contributed by atoms with Crippen LogP contribution >= 0.6 is 22.6 Å². The minimum absolute atomic E-state index is 0.251. The summed E-state index contributed by atoms with van der Waals surface area (Å²) in [7, 11) is 0. The third kappa shape index (κ3) is 3.14. The van der Waals surface area contributed by atoms with Gasteiger partial charge in [0.25, 0.3) is 0 Å². The molecule has 2 aromatic carbocycles. The summed E-state index contributed by atoms with van der Waals surface area (Å²) >= 11 is 2.25. The fourth-order valence-corrected chi connectivity index (χ4v) is 3.98. The van der Waals surface area contributed by atoms with Crippen molar-refractivity contribution in [3.8, 4) is 0 Å². The molecule has 1 aliphatic heterocycles. The van der Waals surface area contributed by atoms with Crippen LogP contribution in [0.3, 0.4) is 0 Å². The van der Waals surface area contributed by atoms with Crippen molar-refractivity contribution in [1.29, 1.82) is 0 Å². The Morgan fingerprint density at radius 1 is 1.09 bits per heavy atom. The van der Waals surface area contributed by atoms with Gasteiger partial charge in [-0.3, -0.25) is 4.90 Å². The second-order valence-electron chi connectivity index (χ2n) is 5.92. The van der Waals surface area contributed by atoms with Crippen molar-refractivity contribution in [2.45, 2.75) is 17.9 Å². The third-order valence-corrected chi connectivity index (χ3v) is 5.58. The van der Waals surface area contributed by atoms with Crippen molar-refractivity contribution >= 4 is 22.6 Å². The molecule has 1 saturated heterocycles. The van der Waals surface area contributed by atoms with Crippen LogP contribution in [0.15, 0.2) is 48.5 Å². The summed E-state index contributed by atoms with van der Waals surface area (Å²) in [6.45, 7) is 1.15. The van der Waals surface area contributed by atoms with E-state index in [1.807, 2.05) is 0 Å². The number of hydrogen-bond acceptors (Lipinski definition) is 2. The Hall–Kier alpha value is -1.05. The van der Waals surface area contributed by atoms with Crippen molar-refractivity contribution < 1.29 is 13.9 Å². The van der Waals surface area contributed by atoms with Crippen LogP contribution < -0.4 is 0 Å². The molecule has 122 valence electrons. The minimum Gasteiger partial charge on any atom is -0.384 e. The van der Waals surface area contributed by atoms with E-state index in [9.17, 15) is 13.9 Å². The summed E-state index contributed by atoms with van der Waals surface area (Å²) in [5, 5.41) is 11.3. The summed E-state index contributed by atoms with van der Waals surface area (Å²) in [6.07, 6.45) is 0.371. The molecule has 0 aliphatic carbocycles. The molecule has 1 aliphatic rings. The summed E-state index contributed by atoms with van der Waals surface area (Å²) in [5.41, 5.74) is -0.718. The molecule has 0 amide bonds. The molecule has 2 atom stereocenters. The zero-order chi connectivity index (χ0) is 16.4. The zero-order valence-electron chi connectivity index (χ0n) is 12.6. The van der Waals surface area contributed by atoms with Gasteiger partial charge in [-0.1, -0.05) is 59.0 Å². The largest absolute Gasteiger partial charge is 0.384 e. The molecule has 0 spiro atoms. The molecule has 2 nitrogen and oxygen atoms in total. The van der Waals surface area contributed by atoms with Gasteiger partial charge in [0.15, 0.2) is 0 Å². The maximum atomic E-state index is 14.3. The highest BCUT2D eigenvalue weighted by molar-refractivity contribution is 14.1. The highest BCUT2D eigenvalue weighted by atomic mass is 127. The maximum absolute atomic E-state index is 14.3. The van der Waals surface area contributed by atoms with E-state index < -0.39 is 17.3 Å². The normalized spacial score (nSPS) is 25.5. The van der Waals surface area contributed by atoms with E-state index in [1.165, 1.54) is 12.1 Å². The lowest BCUT2D eigenvalue weighted by Crippen LogP contribution is -2.48. The Balaban J connectivity index is 2.10. The molecule has 1 fully saturated rings. The summed E-state index contributed by atoms with van der Waals surface area (Å²) < 4.78 is 29.4. The molecule has 1 N–H and O–H groups in total. The van der Waals surface area contributed by atoms with E-state index in [0.717, 1.165) is 4.55 Å². The van der Waals surface area contributed by atoms with Gasteiger partial charge in [-0.2, -0.15) is 0 Å². The molecule has 0 saturated carbocycles. The fourth-order valence-electron chi connectivity index (χ4n) is 3.36. The Labute approximate surface area is 148 Å². The van der Waals surface area contributed by atoms with Gasteiger partial charge < -0.3 is 5.11 Å². The molecule has 5 heteroatoms. The Morgan fingerprint density at radius 3 is 2.39 bits per heavy atom. The number of benzene rings is 2. The number of hydrogen-bond donors (Lipinski definition) is 1. The van der Waals surface area contributed by atoms with Crippen LogP contribution in [0, 0.1) is 11.6 Å². The molecule has 23 heavy (non-hydrogen) atoms. The van der Waals surface area contributed by atoms with Gasteiger partial charge >= 0.3 is 0 Å². The van der Waals surface area contributed by atoms with E-state index in [0.29, 0.717) is 25.1 Å². The highest BCUT2D eigenvalue weighted by Gasteiger charge is 2.45. The molecule has 0 bridgehead atoms. The first-order valence-corrected chi connectivity index (χ1v) is 9.09. The summed E-state index contributed by atoms with van der Waals surface area (Å²) in [5.74, 6) is -1.31. The maximum Gasteiger partial charge on any atom is 0.129 e. The average molecular weight is 429 g/mol. The SMILES string of the molecule is OC1(c2ccccc2F)CCN(CI)CC1c1ccccc1F. The molecule has 2 aromatic rings. The van der Waals surface area contributed by atoms with Crippen LogP contribution in [-0.2, 0) is 5.60 Å². The fraction of sp³-hybridized carbons (Fsp3) is 0.333. The van der Waals surface area contributed by atoms with Crippen molar-refractivity contribution in [1.82, 2.24) is 4.90 Å². The standard InChI is InChI=1S/C18H18F2INO/c19-16-7-3-1-5-13(16)15-11-22(12-21)10-9-18(15,23)14-6-2-4-8-17(14)20/h1-8,15,23H,9-12H2. The zero-order valence-corrected chi connectivity index (χ0v) is 14.7. The second kappa shape index (κ2) is 6.83. The van der Waals surface area contributed by atoms with Crippen LogP contribution in [0.4, 0.5) is 8.78 Å². The van der Waals surface area contributed by atoms with Crippen LogP contribution in [0.1, 0.15) is 23.5 Å². The van der Waals surface area contributed by atoms with Gasteiger partial charge in [-0.05, 0) is 24.1 Å². The van der Waals surface area contributed by atoms with E-state index in [-0.39, 0.29) is 11.4 Å². The van der Waals surface area contributed by atoms with Crippen LogP contribution in [0.5, 0.6) is 0 Å². The predicted octanol–water partition coefficient (Wildman–Crippen LogP) is 4.03. The lowest BCUT2D eigenvalue weighted by Gasteiger charge is -2.45. The Morgan fingerprint density at radius 2 is 1.74 bits per heavy atom. The lowest BCUT2D eigenvalue weighted by atomic mass is 9.72. The lowest BCUT2D eigenvalue weighted by molar-refractivity contribution is -0.0459.